The predicted octanol–water partition coefficient (Wildman–Crippen LogP) is 7.78. The SMILES string of the molecule is CCCCCCCCCCCCCCCCOc1ccc(C(=O)OCC)s1. The summed E-state index contributed by atoms with van der Waals surface area (Å²) in [6.07, 6.45) is 19.1. The number of hydrogen-bond donors (Lipinski definition) is 0. The van der Waals surface area contributed by atoms with Gasteiger partial charge in [0.05, 0.1) is 13.2 Å². The van der Waals surface area contributed by atoms with Crippen molar-refractivity contribution in [1.29, 1.82) is 0 Å². The molecule has 0 fully saturated rings. The minimum atomic E-state index is -0.256. The summed E-state index contributed by atoms with van der Waals surface area (Å²) in [5, 5.41) is 0.813. The third-order valence-corrected chi connectivity index (χ3v) is 5.78. The van der Waals surface area contributed by atoms with Gasteiger partial charge in [-0.25, -0.2) is 4.79 Å². The van der Waals surface area contributed by atoms with E-state index in [-0.39, 0.29) is 5.97 Å². The largest absolute Gasteiger partial charge is 0.484 e. The van der Waals surface area contributed by atoms with Crippen LogP contribution >= 0.6 is 11.3 Å². The molecule has 0 unspecified atom stereocenters. The van der Waals surface area contributed by atoms with Crippen molar-refractivity contribution < 1.29 is 14.3 Å². The van der Waals surface area contributed by atoms with Gasteiger partial charge < -0.3 is 9.47 Å². The summed E-state index contributed by atoms with van der Waals surface area (Å²) >= 11 is 1.37. The Hall–Kier alpha value is -1.03. The first kappa shape index (κ1) is 24.0. The van der Waals surface area contributed by atoms with Gasteiger partial charge >= 0.3 is 5.97 Å². The third kappa shape index (κ3) is 12.9. The molecule has 27 heavy (non-hydrogen) atoms. The number of hydrogen-bond acceptors (Lipinski definition) is 4. The molecular weight excluding hydrogens is 356 g/mol. The van der Waals surface area contributed by atoms with Gasteiger partial charge in [-0.1, -0.05) is 102 Å². The summed E-state index contributed by atoms with van der Waals surface area (Å²) in [6, 6.07) is 3.64. The van der Waals surface area contributed by atoms with Gasteiger partial charge in [0.2, 0.25) is 0 Å². The minimum Gasteiger partial charge on any atom is -0.484 e. The topological polar surface area (TPSA) is 35.5 Å². The second-order valence-corrected chi connectivity index (χ2v) is 8.33. The van der Waals surface area contributed by atoms with Gasteiger partial charge in [0.25, 0.3) is 0 Å². The first-order valence-electron chi connectivity index (χ1n) is 11.2. The second kappa shape index (κ2) is 17.1. The van der Waals surface area contributed by atoms with E-state index in [2.05, 4.69) is 6.92 Å². The summed E-state index contributed by atoms with van der Waals surface area (Å²) < 4.78 is 10.7. The zero-order chi connectivity index (χ0) is 19.6. The zero-order valence-electron chi connectivity index (χ0n) is 17.6. The predicted molar refractivity (Wildman–Crippen MR) is 116 cm³/mol. The summed E-state index contributed by atoms with van der Waals surface area (Å²) in [5.74, 6) is -0.256. The maximum absolute atomic E-state index is 11.6. The molecular formula is C23H40O3S. The summed E-state index contributed by atoms with van der Waals surface area (Å²) in [5.41, 5.74) is 0. The summed E-state index contributed by atoms with van der Waals surface area (Å²) in [6.45, 7) is 5.24. The monoisotopic (exact) mass is 396 g/mol. The van der Waals surface area contributed by atoms with Crippen molar-refractivity contribution in [3.8, 4) is 5.06 Å². The first-order chi connectivity index (χ1) is 13.3. The van der Waals surface area contributed by atoms with Crippen LogP contribution in [0.4, 0.5) is 0 Å². The second-order valence-electron chi connectivity index (χ2n) is 7.28. The van der Waals surface area contributed by atoms with Crippen LogP contribution in [0.1, 0.15) is 113 Å². The quantitative estimate of drug-likeness (QED) is 0.188. The number of rotatable bonds is 18. The van der Waals surface area contributed by atoms with Crippen molar-refractivity contribution in [3.63, 3.8) is 0 Å². The Labute approximate surface area is 170 Å². The Balaban J connectivity index is 1.85. The molecule has 0 N–H and O–H groups in total. The fourth-order valence-corrected chi connectivity index (χ4v) is 3.95. The molecule has 0 bridgehead atoms. The average Bonchev–Trinajstić information content (AvgIpc) is 3.14. The molecule has 1 aromatic heterocycles. The van der Waals surface area contributed by atoms with Crippen molar-refractivity contribution >= 4 is 17.3 Å². The Morgan fingerprint density at radius 1 is 0.778 bits per heavy atom. The number of carbonyl (C=O) groups is 1. The summed E-state index contributed by atoms with van der Waals surface area (Å²) in [4.78, 5) is 12.2. The molecule has 0 aliphatic rings. The normalized spacial score (nSPS) is 10.9. The van der Waals surface area contributed by atoms with Gasteiger partial charge in [0.1, 0.15) is 4.88 Å². The van der Waals surface area contributed by atoms with Crippen LogP contribution in [0.5, 0.6) is 5.06 Å². The summed E-state index contributed by atoms with van der Waals surface area (Å²) in [7, 11) is 0. The van der Waals surface area contributed by atoms with Crippen LogP contribution in [0.25, 0.3) is 0 Å². The van der Waals surface area contributed by atoms with Crippen molar-refractivity contribution in [1.82, 2.24) is 0 Å². The lowest BCUT2D eigenvalue weighted by Crippen LogP contribution is -2.01. The fourth-order valence-electron chi connectivity index (χ4n) is 3.18. The smallest absolute Gasteiger partial charge is 0.348 e. The van der Waals surface area contributed by atoms with Crippen LogP contribution in [0.2, 0.25) is 0 Å². The van der Waals surface area contributed by atoms with Gasteiger partial charge in [-0.2, -0.15) is 0 Å². The number of thiophene rings is 1. The molecule has 4 heteroatoms. The van der Waals surface area contributed by atoms with E-state index in [4.69, 9.17) is 9.47 Å². The van der Waals surface area contributed by atoms with Crippen molar-refractivity contribution in [2.45, 2.75) is 104 Å². The Bertz CT molecular complexity index is 470. The molecule has 0 atom stereocenters. The van der Waals surface area contributed by atoms with Gasteiger partial charge in [0, 0.05) is 0 Å². The van der Waals surface area contributed by atoms with Crippen molar-refractivity contribution in [2.75, 3.05) is 13.2 Å². The molecule has 156 valence electrons. The highest BCUT2D eigenvalue weighted by Gasteiger charge is 2.10. The highest BCUT2D eigenvalue weighted by Crippen LogP contribution is 2.25. The number of esters is 1. The molecule has 0 saturated heterocycles. The molecule has 1 rings (SSSR count). The molecule has 0 spiro atoms. The Morgan fingerprint density at radius 3 is 1.81 bits per heavy atom. The van der Waals surface area contributed by atoms with Gasteiger partial charge in [-0.15, -0.1) is 0 Å². The van der Waals surface area contributed by atoms with E-state index in [0.29, 0.717) is 11.5 Å². The maximum atomic E-state index is 11.6. The lowest BCUT2D eigenvalue weighted by molar-refractivity contribution is 0.0532. The maximum Gasteiger partial charge on any atom is 0.348 e. The van der Waals surface area contributed by atoms with E-state index in [0.717, 1.165) is 18.1 Å². The molecule has 3 nitrogen and oxygen atoms in total. The minimum absolute atomic E-state index is 0.256. The highest BCUT2D eigenvalue weighted by atomic mass is 32.1. The molecule has 0 aliphatic carbocycles. The molecule has 0 amide bonds. The third-order valence-electron chi connectivity index (χ3n) is 4.80. The van der Waals surface area contributed by atoms with Crippen LogP contribution in [0.15, 0.2) is 12.1 Å². The van der Waals surface area contributed by atoms with Gasteiger partial charge in [-0.05, 0) is 25.5 Å². The Morgan fingerprint density at radius 2 is 1.30 bits per heavy atom. The van der Waals surface area contributed by atoms with E-state index in [1.165, 1.54) is 94.8 Å². The fraction of sp³-hybridized carbons (Fsp3) is 0.783. The van der Waals surface area contributed by atoms with Gasteiger partial charge in [-0.3, -0.25) is 0 Å². The van der Waals surface area contributed by atoms with E-state index in [1.54, 1.807) is 6.07 Å². The average molecular weight is 397 g/mol. The zero-order valence-corrected chi connectivity index (χ0v) is 18.4. The van der Waals surface area contributed by atoms with E-state index in [9.17, 15) is 4.79 Å². The van der Waals surface area contributed by atoms with Gasteiger partial charge in [0.15, 0.2) is 5.06 Å². The van der Waals surface area contributed by atoms with E-state index < -0.39 is 0 Å². The highest BCUT2D eigenvalue weighted by molar-refractivity contribution is 7.15. The Kier molecular flexibility index (Phi) is 15.2. The molecule has 1 heterocycles. The van der Waals surface area contributed by atoms with Crippen molar-refractivity contribution in [2.24, 2.45) is 0 Å². The van der Waals surface area contributed by atoms with Crippen LogP contribution in [0, 0.1) is 0 Å². The van der Waals surface area contributed by atoms with Crippen molar-refractivity contribution in [3.05, 3.63) is 17.0 Å². The molecule has 0 aliphatic heterocycles. The van der Waals surface area contributed by atoms with Crippen LogP contribution in [0.3, 0.4) is 0 Å². The number of ether oxygens (including phenoxy) is 2. The number of carbonyl (C=O) groups excluding carboxylic acids is 1. The van der Waals surface area contributed by atoms with Crippen LogP contribution < -0.4 is 4.74 Å². The lowest BCUT2D eigenvalue weighted by atomic mass is 10.0. The number of unbranched alkanes of at least 4 members (excludes halogenated alkanes) is 13. The lowest BCUT2D eigenvalue weighted by Gasteiger charge is -2.04. The van der Waals surface area contributed by atoms with Crippen LogP contribution in [-0.4, -0.2) is 19.2 Å². The first-order valence-corrected chi connectivity index (χ1v) is 12.0. The molecule has 0 aromatic carbocycles. The van der Waals surface area contributed by atoms with E-state index in [1.807, 2.05) is 13.0 Å². The molecule has 0 saturated carbocycles. The standard InChI is InChI=1S/C23H40O3S/c1-3-5-6-7-8-9-10-11-12-13-14-15-16-17-20-26-22-19-18-21(27-22)23(24)25-4-2/h18-19H,3-17,20H2,1-2H3. The van der Waals surface area contributed by atoms with Crippen LogP contribution in [-0.2, 0) is 4.74 Å². The molecule has 0 radical (unpaired) electrons. The molecule has 1 aromatic rings. The van der Waals surface area contributed by atoms with E-state index >= 15 is 0 Å².